The number of Topliss-reactive ketones (excluding diaryl/α,β-unsaturated/α-hetero) is 1. The Morgan fingerprint density at radius 3 is 2.61 bits per heavy atom. The Morgan fingerprint density at radius 1 is 1.44 bits per heavy atom. The molecule has 0 radical (unpaired) electrons. The van der Waals surface area contributed by atoms with Crippen molar-refractivity contribution in [2.75, 3.05) is 18.0 Å². The predicted octanol–water partition coefficient (Wildman–Crippen LogP) is 3.02. The third-order valence-corrected chi connectivity index (χ3v) is 3.79. The van der Waals surface area contributed by atoms with Crippen molar-refractivity contribution in [2.24, 2.45) is 5.92 Å². The first kappa shape index (κ1) is 12.9. The van der Waals surface area contributed by atoms with Crippen LogP contribution in [0.2, 0.25) is 5.02 Å². The summed E-state index contributed by atoms with van der Waals surface area (Å²) in [6.45, 7) is 3.35. The van der Waals surface area contributed by atoms with Crippen molar-refractivity contribution < 1.29 is 4.79 Å². The lowest BCUT2D eigenvalue weighted by atomic mass is 9.93. The number of piperidine rings is 1. The van der Waals surface area contributed by atoms with Gasteiger partial charge in [0.15, 0.2) is 0 Å². The molecule has 1 aromatic carbocycles. The molecule has 94 valence electrons. The van der Waals surface area contributed by atoms with Crippen LogP contribution in [-0.2, 0) is 4.79 Å². The molecule has 1 aromatic rings. The minimum absolute atomic E-state index is 0.193. The van der Waals surface area contributed by atoms with E-state index in [2.05, 4.69) is 11.0 Å². The molecule has 1 aliphatic rings. The van der Waals surface area contributed by atoms with Crippen LogP contribution in [0.25, 0.3) is 0 Å². The largest absolute Gasteiger partial charge is 0.370 e. The van der Waals surface area contributed by atoms with Gasteiger partial charge in [0.1, 0.15) is 5.78 Å². The lowest BCUT2D eigenvalue weighted by molar-refractivity contribution is -0.121. The summed E-state index contributed by atoms with van der Waals surface area (Å²) in [5.41, 5.74) is 1.53. The second-order valence-corrected chi connectivity index (χ2v) is 5.06. The summed E-state index contributed by atoms with van der Waals surface area (Å²) in [5.74, 6) is 0.471. The summed E-state index contributed by atoms with van der Waals surface area (Å²) in [6, 6.07) is 7.42. The first-order valence-electron chi connectivity index (χ1n) is 6.07. The molecule has 0 bridgehead atoms. The summed E-state index contributed by atoms with van der Waals surface area (Å²) in [5, 5.41) is 9.41. The number of carbonyl (C=O) groups excluding carboxylic acids is 1. The summed E-state index contributed by atoms with van der Waals surface area (Å²) in [6.07, 6.45) is 1.76. The van der Waals surface area contributed by atoms with Crippen LogP contribution in [0.15, 0.2) is 18.2 Å². The van der Waals surface area contributed by atoms with Crippen molar-refractivity contribution >= 4 is 23.1 Å². The van der Waals surface area contributed by atoms with E-state index in [0.29, 0.717) is 10.6 Å². The van der Waals surface area contributed by atoms with E-state index in [9.17, 15) is 4.79 Å². The van der Waals surface area contributed by atoms with E-state index < -0.39 is 0 Å². The van der Waals surface area contributed by atoms with Crippen LogP contribution in [0, 0.1) is 17.2 Å². The number of nitriles is 1. The lowest BCUT2D eigenvalue weighted by Gasteiger charge is -2.33. The van der Waals surface area contributed by atoms with Crippen molar-refractivity contribution in [3.63, 3.8) is 0 Å². The summed E-state index contributed by atoms with van der Waals surface area (Å²) < 4.78 is 0. The zero-order chi connectivity index (χ0) is 13.1. The number of benzene rings is 1. The Kier molecular flexibility index (Phi) is 3.88. The highest BCUT2D eigenvalue weighted by Gasteiger charge is 2.23. The molecule has 18 heavy (non-hydrogen) atoms. The van der Waals surface area contributed by atoms with E-state index in [1.54, 1.807) is 19.1 Å². The fourth-order valence-corrected chi connectivity index (χ4v) is 2.66. The number of hydrogen-bond acceptors (Lipinski definition) is 3. The van der Waals surface area contributed by atoms with Gasteiger partial charge in [-0.15, -0.1) is 0 Å². The van der Waals surface area contributed by atoms with Gasteiger partial charge < -0.3 is 4.90 Å². The minimum atomic E-state index is 0.193. The fraction of sp³-hybridized carbons (Fsp3) is 0.429. The molecular weight excluding hydrogens is 248 g/mol. The van der Waals surface area contributed by atoms with Gasteiger partial charge in [-0.1, -0.05) is 11.6 Å². The molecule has 0 saturated carbocycles. The molecule has 0 amide bonds. The van der Waals surface area contributed by atoms with E-state index in [0.717, 1.165) is 31.6 Å². The number of hydrogen-bond donors (Lipinski definition) is 0. The molecule has 0 aromatic heterocycles. The van der Waals surface area contributed by atoms with Crippen LogP contribution in [0.3, 0.4) is 0 Å². The van der Waals surface area contributed by atoms with Gasteiger partial charge >= 0.3 is 0 Å². The third-order valence-electron chi connectivity index (χ3n) is 3.49. The number of carbonyl (C=O) groups is 1. The van der Waals surface area contributed by atoms with E-state index in [4.69, 9.17) is 16.9 Å². The molecule has 4 heteroatoms. The van der Waals surface area contributed by atoms with Crippen LogP contribution >= 0.6 is 11.6 Å². The molecule has 3 nitrogen and oxygen atoms in total. The molecule has 0 unspecified atom stereocenters. The van der Waals surface area contributed by atoms with Gasteiger partial charge in [0, 0.05) is 19.0 Å². The van der Waals surface area contributed by atoms with Crippen molar-refractivity contribution in [3.05, 3.63) is 28.8 Å². The number of halogens is 1. The van der Waals surface area contributed by atoms with Crippen molar-refractivity contribution in [3.8, 4) is 6.07 Å². The van der Waals surface area contributed by atoms with Crippen LogP contribution < -0.4 is 4.90 Å². The molecule has 1 aliphatic heterocycles. The first-order chi connectivity index (χ1) is 8.61. The number of ketones is 1. The molecule has 1 fully saturated rings. The Balaban J connectivity index is 2.10. The SMILES string of the molecule is CC(=O)C1CCN(c2ccc(C#N)cc2Cl)CC1. The van der Waals surface area contributed by atoms with Gasteiger partial charge in [-0.05, 0) is 38.0 Å². The van der Waals surface area contributed by atoms with Crippen LogP contribution in [0.4, 0.5) is 5.69 Å². The Labute approximate surface area is 112 Å². The highest BCUT2D eigenvalue weighted by atomic mass is 35.5. The maximum atomic E-state index is 11.3. The van der Waals surface area contributed by atoms with Gasteiger partial charge in [-0.3, -0.25) is 4.79 Å². The molecular formula is C14H15ClN2O. The average Bonchev–Trinajstić information content (AvgIpc) is 2.38. The number of anilines is 1. The van der Waals surface area contributed by atoms with E-state index >= 15 is 0 Å². The average molecular weight is 263 g/mol. The normalized spacial score (nSPS) is 16.4. The van der Waals surface area contributed by atoms with Crippen molar-refractivity contribution in [2.45, 2.75) is 19.8 Å². The summed E-state index contributed by atoms with van der Waals surface area (Å²) in [7, 11) is 0. The van der Waals surface area contributed by atoms with E-state index in [-0.39, 0.29) is 11.7 Å². The van der Waals surface area contributed by atoms with Gasteiger partial charge in [0.25, 0.3) is 0 Å². The molecule has 1 heterocycles. The molecule has 0 spiro atoms. The topological polar surface area (TPSA) is 44.1 Å². The molecule has 0 atom stereocenters. The fourth-order valence-electron chi connectivity index (χ4n) is 2.36. The van der Waals surface area contributed by atoms with Gasteiger partial charge in [-0.2, -0.15) is 5.26 Å². The first-order valence-corrected chi connectivity index (χ1v) is 6.44. The Morgan fingerprint density at radius 2 is 2.11 bits per heavy atom. The highest BCUT2D eigenvalue weighted by Crippen LogP contribution is 2.30. The standard InChI is InChI=1S/C14H15ClN2O/c1-10(18)12-4-6-17(7-5-12)14-3-2-11(9-16)8-13(14)15/h2-3,8,12H,4-7H2,1H3. The van der Waals surface area contributed by atoms with Gasteiger partial charge in [0.05, 0.1) is 22.3 Å². The highest BCUT2D eigenvalue weighted by molar-refractivity contribution is 6.33. The Hall–Kier alpha value is -1.53. The Bertz CT molecular complexity index is 499. The van der Waals surface area contributed by atoms with Gasteiger partial charge in [-0.25, -0.2) is 0 Å². The molecule has 0 N–H and O–H groups in total. The lowest BCUT2D eigenvalue weighted by Crippen LogP contribution is -2.35. The molecule has 0 aliphatic carbocycles. The third kappa shape index (κ3) is 2.65. The van der Waals surface area contributed by atoms with Crippen LogP contribution in [-0.4, -0.2) is 18.9 Å². The maximum Gasteiger partial charge on any atom is 0.133 e. The zero-order valence-corrected chi connectivity index (χ0v) is 11.1. The van der Waals surface area contributed by atoms with Crippen LogP contribution in [0.1, 0.15) is 25.3 Å². The molecule has 2 rings (SSSR count). The van der Waals surface area contributed by atoms with E-state index in [1.165, 1.54) is 0 Å². The smallest absolute Gasteiger partial charge is 0.133 e. The number of nitrogens with zero attached hydrogens (tertiary/aromatic N) is 2. The van der Waals surface area contributed by atoms with Gasteiger partial charge in [0.2, 0.25) is 0 Å². The zero-order valence-electron chi connectivity index (χ0n) is 10.3. The summed E-state index contributed by atoms with van der Waals surface area (Å²) in [4.78, 5) is 13.5. The quantitative estimate of drug-likeness (QED) is 0.823. The second kappa shape index (κ2) is 5.41. The predicted molar refractivity (Wildman–Crippen MR) is 71.8 cm³/mol. The van der Waals surface area contributed by atoms with Crippen LogP contribution in [0.5, 0.6) is 0 Å². The number of rotatable bonds is 2. The van der Waals surface area contributed by atoms with E-state index in [1.807, 2.05) is 6.07 Å². The van der Waals surface area contributed by atoms with Crippen molar-refractivity contribution in [1.82, 2.24) is 0 Å². The monoisotopic (exact) mass is 262 g/mol. The second-order valence-electron chi connectivity index (χ2n) is 4.65. The minimum Gasteiger partial charge on any atom is -0.370 e. The van der Waals surface area contributed by atoms with Crippen molar-refractivity contribution in [1.29, 1.82) is 5.26 Å². The summed E-state index contributed by atoms with van der Waals surface area (Å²) >= 11 is 6.18. The molecule has 1 saturated heterocycles. The maximum absolute atomic E-state index is 11.3.